The number of nitrogens with one attached hydrogen (secondary N) is 1. The van der Waals surface area contributed by atoms with Crippen LogP contribution in [0.25, 0.3) is 0 Å². The normalized spacial score (nSPS) is 51.7. The van der Waals surface area contributed by atoms with E-state index < -0.39 is 74.5 Å². The number of rotatable bonds is 4. The summed E-state index contributed by atoms with van der Waals surface area (Å²) >= 11 is 0. The Bertz CT molecular complexity index is 349. The van der Waals surface area contributed by atoms with Crippen LogP contribution in [0.15, 0.2) is 0 Å². The second kappa shape index (κ2) is 7.63. The Morgan fingerprint density at radius 1 is 0.565 bits per heavy atom. The third-order valence-electron chi connectivity index (χ3n) is 4.11. The Morgan fingerprint density at radius 3 is 1.22 bits per heavy atom. The summed E-state index contributed by atoms with van der Waals surface area (Å²) in [5.74, 6) is 0. The molecule has 0 bridgehead atoms. The maximum atomic E-state index is 9.90. The van der Waals surface area contributed by atoms with Crippen LogP contribution in [0.1, 0.15) is 0 Å². The average molecular weight is 341 g/mol. The van der Waals surface area contributed by atoms with Crippen LogP contribution in [0, 0.1) is 0 Å². The number of ether oxygens (including phenoxy) is 2. The minimum atomic E-state index is -1.62. The predicted molar refractivity (Wildman–Crippen MR) is 70.7 cm³/mol. The lowest BCUT2D eigenvalue weighted by atomic mass is 9.96. The van der Waals surface area contributed by atoms with Gasteiger partial charge in [0, 0.05) is 0 Å². The fourth-order valence-electron chi connectivity index (χ4n) is 2.64. The van der Waals surface area contributed by atoms with Crippen molar-refractivity contribution >= 4 is 0 Å². The summed E-state index contributed by atoms with van der Waals surface area (Å²) in [6.07, 6.45) is -14.5. The van der Waals surface area contributed by atoms with Gasteiger partial charge in [-0.2, -0.15) is 0 Å². The molecule has 0 aromatic rings. The summed E-state index contributed by atoms with van der Waals surface area (Å²) < 4.78 is 10.4. The van der Waals surface area contributed by atoms with Crippen LogP contribution in [0.4, 0.5) is 0 Å². The van der Waals surface area contributed by atoms with Gasteiger partial charge in [-0.3, -0.25) is 5.32 Å². The molecule has 0 aliphatic carbocycles. The van der Waals surface area contributed by atoms with Gasteiger partial charge in [-0.05, 0) is 0 Å². The molecule has 2 unspecified atom stereocenters. The molecule has 9 N–H and O–H groups in total. The maximum Gasteiger partial charge on any atom is 0.139 e. The third-order valence-corrected chi connectivity index (χ3v) is 4.11. The average Bonchev–Trinajstić information content (AvgIpc) is 2.55. The Kier molecular flexibility index (Phi) is 6.27. The summed E-state index contributed by atoms with van der Waals surface area (Å²) in [4.78, 5) is 0. The van der Waals surface area contributed by atoms with Gasteiger partial charge in [0.15, 0.2) is 0 Å². The van der Waals surface area contributed by atoms with Crippen molar-refractivity contribution in [3.8, 4) is 0 Å². The van der Waals surface area contributed by atoms with E-state index >= 15 is 0 Å². The highest BCUT2D eigenvalue weighted by atomic mass is 16.6. The van der Waals surface area contributed by atoms with Gasteiger partial charge in [0.2, 0.25) is 0 Å². The highest BCUT2D eigenvalue weighted by Gasteiger charge is 2.48. The van der Waals surface area contributed by atoms with Gasteiger partial charge in [0.25, 0.3) is 0 Å². The van der Waals surface area contributed by atoms with E-state index in [-0.39, 0.29) is 0 Å². The van der Waals surface area contributed by atoms with Crippen molar-refractivity contribution < 1.29 is 50.3 Å². The van der Waals surface area contributed by atoms with E-state index in [1.54, 1.807) is 0 Å². The molecule has 136 valence electrons. The van der Waals surface area contributed by atoms with Crippen LogP contribution in [-0.4, -0.2) is 115 Å². The van der Waals surface area contributed by atoms with Crippen molar-refractivity contribution in [1.82, 2.24) is 5.32 Å². The summed E-state index contributed by atoms with van der Waals surface area (Å²) in [5.41, 5.74) is 0. The smallest absolute Gasteiger partial charge is 0.139 e. The second-order valence-corrected chi connectivity index (χ2v) is 5.67. The van der Waals surface area contributed by atoms with Gasteiger partial charge >= 0.3 is 0 Å². The highest BCUT2D eigenvalue weighted by Crippen LogP contribution is 2.24. The molecular formula is C12H23NO10. The van der Waals surface area contributed by atoms with Crippen LogP contribution in [0.2, 0.25) is 0 Å². The van der Waals surface area contributed by atoms with E-state index in [2.05, 4.69) is 5.32 Å². The zero-order valence-electron chi connectivity index (χ0n) is 12.1. The first-order valence-electron chi connectivity index (χ1n) is 7.18. The molecule has 2 rings (SSSR count). The number of aliphatic hydroxyl groups is 8. The van der Waals surface area contributed by atoms with Crippen LogP contribution in [-0.2, 0) is 9.47 Å². The van der Waals surface area contributed by atoms with Crippen molar-refractivity contribution in [2.75, 3.05) is 13.2 Å². The van der Waals surface area contributed by atoms with Crippen molar-refractivity contribution in [3.05, 3.63) is 0 Å². The molecule has 0 aromatic heterocycles. The standard InChI is InChI=1S/C12H23NO10/c14-1-3-5(16)7(18)9(20)11(22-3)13-12-10(21)8(19)6(17)4(2-15)23-12/h3-21H,1-2H2/t3-,4-,5+,6+,7+,8+,9-,10-,11?,12?/m1/s1. The van der Waals surface area contributed by atoms with Gasteiger partial charge in [-0.25, -0.2) is 0 Å². The monoisotopic (exact) mass is 341 g/mol. The molecule has 2 heterocycles. The fraction of sp³-hybridized carbons (Fsp3) is 1.00. The Morgan fingerprint density at radius 2 is 0.913 bits per heavy atom. The van der Waals surface area contributed by atoms with Crippen LogP contribution in [0.3, 0.4) is 0 Å². The first-order chi connectivity index (χ1) is 10.8. The van der Waals surface area contributed by atoms with Crippen molar-refractivity contribution in [1.29, 1.82) is 0 Å². The van der Waals surface area contributed by atoms with Gasteiger partial charge in [0.05, 0.1) is 13.2 Å². The minimum absolute atomic E-state index is 0.627. The molecule has 10 atom stereocenters. The zero-order chi connectivity index (χ0) is 17.3. The van der Waals surface area contributed by atoms with Gasteiger partial charge in [-0.1, -0.05) is 0 Å². The number of hydrogen-bond acceptors (Lipinski definition) is 11. The predicted octanol–water partition coefficient (Wildman–Crippen LogP) is -5.82. The molecule has 11 heteroatoms. The molecule has 0 amide bonds. The fourth-order valence-corrected chi connectivity index (χ4v) is 2.64. The molecule has 2 aliphatic heterocycles. The summed E-state index contributed by atoms with van der Waals surface area (Å²) in [6.45, 7) is -1.25. The summed E-state index contributed by atoms with van der Waals surface area (Å²) in [7, 11) is 0. The lowest BCUT2D eigenvalue weighted by molar-refractivity contribution is -0.274. The van der Waals surface area contributed by atoms with Gasteiger partial charge in [0.1, 0.15) is 61.3 Å². The van der Waals surface area contributed by atoms with Crippen LogP contribution in [0.5, 0.6) is 0 Å². The lowest BCUT2D eigenvalue weighted by Crippen LogP contribution is -2.68. The Balaban J connectivity index is 2.07. The van der Waals surface area contributed by atoms with Crippen molar-refractivity contribution in [2.24, 2.45) is 0 Å². The zero-order valence-corrected chi connectivity index (χ0v) is 12.1. The van der Waals surface area contributed by atoms with E-state index in [4.69, 9.17) is 19.7 Å². The largest absolute Gasteiger partial charge is 0.394 e. The quantitative estimate of drug-likeness (QED) is 0.236. The number of aliphatic hydroxyl groups excluding tert-OH is 8. The third kappa shape index (κ3) is 3.65. The molecule has 0 spiro atoms. The first kappa shape index (κ1) is 18.9. The molecular weight excluding hydrogens is 318 g/mol. The van der Waals surface area contributed by atoms with Crippen LogP contribution < -0.4 is 5.32 Å². The molecule has 0 saturated carbocycles. The summed E-state index contributed by atoms with van der Waals surface area (Å²) in [6, 6.07) is 0. The molecule has 2 fully saturated rings. The molecule has 23 heavy (non-hydrogen) atoms. The Hall–Kier alpha value is -0.440. The number of hydrogen-bond donors (Lipinski definition) is 9. The Labute approximate surface area is 131 Å². The molecule has 0 radical (unpaired) electrons. The minimum Gasteiger partial charge on any atom is -0.394 e. The lowest BCUT2D eigenvalue weighted by Gasteiger charge is -2.45. The molecule has 2 saturated heterocycles. The molecule has 11 nitrogen and oxygen atoms in total. The van der Waals surface area contributed by atoms with Gasteiger partial charge in [-0.15, -0.1) is 0 Å². The molecule has 0 aromatic carbocycles. The van der Waals surface area contributed by atoms with E-state index in [1.165, 1.54) is 0 Å². The first-order valence-corrected chi connectivity index (χ1v) is 7.18. The van der Waals surface area contributed by atoms with Crippen molar-refractivity contribution in [2.45, 2.75) is 61.3 Å². The van der Waals surface area contributed by atoms with Gasteiger partial charge < -0.3 is 50.3 Å². The van der Waals surface area contributed by atoms with E-state index in [9.17, 15) is 30.6 Å². The second-order valence-electron chi connectivity index (χ2n) is 5.67. The topological polar surface area (TPSA) is 192 Å². The van der Waals surface area contributed by atoms with E-state index in [0.717, 1.165) is 0 Å². The maximum absolute atomic E-state index is 9.90. The van der Waals surface area contributed by atoms with E-state index in [0.29, 0.717) is 0 Å². The SMILES string of the molecule is OC[C@H]1OC(NC2O[C@H](CO)[C@H](O)[C@H](O)[C@H]2O)[C@H](O)[C@@H](O)[C@H]1O. The molecule has 2 aliphatic rings. The van der Waals surface area contributed by atoms with Crippen molar-refractivity contribution in [3.63, 3.8) is 0 Å². The summed E-state index contributed by atoms with van der Waals surface area (Å²) in [5, 5.41) is 79.2. The highest BCUT2D eigenvalue weighted by molar-refractivity contribution is 4.95. The van der Waals surface area contributed by atoms with E-state index in [1.807, 2.05) is 0 Å². The van der Waals surface area contributed by atoms with Crippen LogP contribution >= 0.6 is 0 Å².